The number of rotatable bonds is 3. The molecule has 0 atom stereocenters. The number of nitrogens with zero attached hydrogens (tertiary/aromatic N) is 4. The molecule has 0 saturated carbocycles. The van der Waals surface area contributed by atoms with Crippen LogP contribution < -0.4 is 5.73 Å². The molecule has 0 bridgehead atoms. The summed E-state index contributed by atoms with van der Waals surface area (Å²) in [6.07, 6.45) is 0.910. The Kier molecular flexibility index (Phi) is 5.03. The van der Waals surface area contributed by atoms with Crippen LogP contribution in [0.25, 0.3) is 5.69 Å². The molecule has 0 unspecified atom stereocenters. The number of benzene rings is 1. The van der Waals surface area contributed by atoms with Gasteiger partial charge in [0.2, 0.25) is 0 Å². The van der Waals surface area contributed by atoms with Gasteiger partial charge in [-0.3, -0.25) is 4.90 Å². The van der Waals surface area contributed by atoms with E-state index in [2.05, 4.69) is 10.00 Å². The number of halogens is 1. The molecule has 1 fully saturated rings. The minimum Gasteiger partial charge on any atom is -0.351 e. The van der Waals surface area contributed by atoms with Crippen LogP contribution in [0.1, 0.15) is 23.4 Å². The van der Waals surface area contributed by atoms with Gasteiger partial charge in [-0.05, 0) is 44.5 Å². The molecule has 6 nitrogen and oxygen atoms in total. The molecule has 1 aliphatic heterocycles. The minimum absolute atomic E-state index is 0.255. The quantitative estimate of drug-likeness (QED) is 0.927. The highest BCUT2D eigenvalue weighted by atomic mass is 19.1. The Hall–Kier alpha value is -2.41. The van der Waals surface area contributed by atoms with Crippen molar-refractivity contribution in [3.63, 3.8) is 0 Å². The number of urea groups is 1. The smallest absolute Gasteiger partial charge is 0.314 e. The van der Waals surface area contributed by atoms with Gasteiger partial charge in [0.25, 0.3) is 0 Å². The number of carbonyl (C=O) groups is 1. The number of nitrogens with two attached hydrogens (primary N) is 1. The van der Waals surface area contributed by atoms with E-state index in [-0.39, 0.29) is 11.8 Å². The highest BCUT2D eigenvalue weighted by Crippen LogP contribution is 2.20. The van der Waals surface area contributed by atoms with E-state index in [4.69, 9.17) is 5.73 Å². The van der Waals surface area contributed by atoms with Gasteiger partial charge in [0.1, 0.15) is 5.82 Å². The van der Waals surface area contributed by atoms with E-state index in [1.54, 1.807) is 17.0 Å². The zero-order valence-corrected chi connectivity index (χ0v) is 14.7. The molecule has 0 radical (unpaired) electrons. The molecule has 3 rings (SSSR count). The van der Waals surface area contributed by atoms with E-state index in [0.29, 0.717) is 13.1 Å². The predicted molar refractivity (Wildman–Crippen MR) is 94.0 cm³/mol. The molecule has 1 aromatic carbocycles. The second-order valence-electron chi connectivity index (χ2n) is 6.49. The predicted octanol–water partition coefficient (Wildman–Crippen LogP) is 2.21. The first-order valence-electron chi connectivity index (χ1n) is 8.53. The van der Waals surface area contributed by atoms with E-state index in [9.17, 15) is 9.18 Å². The van der Waals surface area contributed by atoms with Gasteiger partial charge in [0.15, 0.2) is 0 Å². The third-order valence-electron chi connectivity index (χ3n) is 4.79. The maximum absolute atomic E-state index is 13.2. The molecule has 1 aliphatic rings. The number of primary amides is 1. The second-order valence-corrected chi connectivity index (χ2v) is 6.49. The third-order valence-corrected chi connectivity index (χ3v) is 4.79. The molecule has 2 N–H and O–H groups in total. The van der Waals surface area contributed by atoms with E-state index in [1.807, 2.05) is 18.5 Å². The summed E-state index contributed by atoms with van der Waals surface area (Å²) in [4.78, 5) is 15.4. The van der Waals surface area contributed by atoms with E-state index >= 15 is 0 Å². The second kappa shape index (κ2) is 7.23. The molecule has 134 valence electrons. The van der Waals surface area contributed by atoms with Crippen molar-refractivity contribution in [1.82, 2.24) is 19.6 Å². The molecule has 0 spiro atoms. The molecular weight excluding hydrogens is 321 g/mol. The Morgan fingerprint density at radius 1 is 1.16 bits per heavy atom. The fraction of sp³-hybridized carbons (Fsp3) is 0.444. The van der Waals surface area contributed by atoms with Gasteiger partial charge in [0.05, 0.1) is 11.4 Å². The first-order valence-corrected chi connectivity index (χ1v) is 8.53. The van der Waals surface area contributed by atoms with Crippen molar-refractivity contribution in [2.24, 2.45) is 5.73 Å². The van der Waals surface area contributed by atoms with Crippen molar-refractivity contribution < 1.29 is 9.18 Å². The fourth-order valence-electron chi connectivity index (χ4n) is 3.31. The first kappa shape index (κ1) is 17.4. The molecule has 1 saturated heterocycles. The molecule has 0 aliphatic carbocycles. The summed E-state index contributed by atoms with van der Waals surface area (Å²) in [6.45, 7) is 7.89. The van der Waals surface area contributed by atoms with Crippen LogP contribution in [0.15, 0.2) is 24.3 Å². The third kappa shape index (κ3) is 3.82. The summed E-state index contributed by atoms with van der Waals surface area (Å²) in [5.41, 5.74) is 9.44. The summed E-state index contributed by atoms with van der Waals surface area (Å²) >= 11 is 0. The van der Waals surface area contributed by atoms with Gasteiger partial charge in [0, 0.05) is 44.0 Å². The highest BCUT2D eigenvalue weighted by Gasteiger charge is 2.20. The first-order chi connectivity index (χ1) is 12.0. The highest BCUT2D eigenvalue weighted by molar-refractivity contribution is 5.71. The van der Waals surface area contributed by atoms with Crippen LogP contribution in [0.2, 0.25) is 0 Å². The SMILES string of the molecule is Cc1nn(-c2ccc(F)cc2)c(C)c1CN1CCCN(C(N)=O)CC1. The molecule has 2 heterocycles. The maximum atomic E-state index is 13.2. The van der Waals surface area contributed by atoms with Crippen LogP contribution in [-0.4, -0.2) is 51.8 Å². The van der Waals surface area contributed by atoms with Crippen molar-refractivity contribution in [1.29, 1.82) is 0 Å². The molecule has 7 heteroatoms. The number of aryl methyl sites for hydroxylation is 1. The van der Waals surface area contributed by atoms with E-state index in [0.717, 1.165) is 43.1 Å². The monoisotopic (exact) mass is 345 g/mol. The Morgan fingerprint density at radius 3 is 2.56 bits per heavy atom. The maximum Gasteiger partial charge on any atom is 0.314 e. The lowest BCUT2D eigenvalue weighted by atomic mass is 10.1. The zero-order chi connectivity index (χ0) is 18.0. The largest absolute Gasteiger partial charge is 0.351 e. The Balaban J connectivity index is 1.77. The fourth-order valence-corrected chi connectivity index (χ4v) is 3.31. The van der Waals surface area contributed by atoms with Crippen molar-refractivity contribution in [2.75, 3.05) is 26.2 Å². The standard InChI is InChI=1S/C18H24FN5O/c1-13-17(12-22-8-3-9-23(11-10-22)18(20)25)14(2)24(21-13)16-6-4-15(19)5-7-16/h4-7H,3,8-12H2,1-2H3,(H2,20,25). The van der Waals surface area contributed by atoms with Crippen LogP contribution in [0, 0.1) is 19.7 Å². The van der Waals surface area contributed by atoms with Gasteiger partial charge in [-0.2, -0.15) is 5.10 Å². The zero-order valence-electron chi connectivity index (χ0n) is 14.7. The number of hydrogen-bond acceptors (Lipinski definition) is 3. The van der Waals surface area contributed by atoms with Crippen LogP contribution in [-0.2, 0) is 6.54 Å². The molecule has 25 heavy (non-hydrogen) atoms. The van der Waals surface area contributed by atoms with Crippen molar-refractivity contribution in [2.45, 2.75) is 26.8 Å². The normalized spacial score (nSPS) is 16.0. The van der Waals surface area contributed by atoms with Crippen LogP contribution in [0.5, 0.6) is 0 Å². The Bertz CT molecular complexity index is 756. The van der Waals surface area contributed by atoms with Crippen LogP contribution >= 0.6 is 0 Å². The summed E-state index contributed by atoms with van der Waals surface area (Å²) in [5, 5.41) is 4.63. The number of amides is 2. The molecule has 2 amide bonds. The lowest BCUT2D eigenvalue weighted by molar-refractivity contribution is 0.207. The lowest BCUT2D eigenvalue weighted by Crippen LogP contribution is -2.38. The lowest BCUT2D eigenvalue weighted by Gasteiger charge is -2.21. The van der Waals surface area contributed by atoms with Gasteiger partial charge in [-0.1, -0.05) is 0 Å². The molecule has 2 aromatic rings. The van der Waals surface area contributed by atoms with Crippen molar-refractivity contribution in [3.05, 3.63) is 47.0 Å². The number of aromatic nitrogens is 2. The molecule has 1 aromatic heterocycles. The average molecular weight is 345 g/mol. The van der Waals surface area contributed by atoms with Gasteiger partial charge < -0.3 is 10.6 Å². The number of hydrogen-bond donors (Lipinski definition) is 1. The minimum atomic E-state index is -0.349. The van der Waals surface area contributed by atoms with Crippen molar-refractivity contribution in [3.8, 4) is 5.69 Å². The van der Waals surface area contributed by atoms with Gasteiger partial charge >= 0.3 is 6.03 Å². The van der Waals surface area contributed by atoms with Crippen LogP contribution in [0.3, 0.4) is 0 Å². The Morgan fingerprint density at radius 2 is 1.88 bits per heavy atom. The van der Waals surface area contributed by atoms with Gasteiger partial charge in [-0.25, -0.2) is 13.9 Å². The average Bonchev–Trinajstić information content (AvgIpc) is 2.77. The summed E-state index contributed by atoms with van der Waals surface area (Å²) in [7, 11) is 0. The Labute approximate surface area is 147 Å². The van der Waals surface area contributed by atoms with Crippen molar-refractivity contribution >= 4 is 6.03 Å². The molecular formula is C18H24FN5O. The number of carbonyl (C=O) groups excluding carboxylic acids is 1. The summed E-state index contributed by atoms with van der Waals surface area (Å²) in [6, 6.07) is 6.00. The van der Waals surface area contributed by atoms with E-state index < -0.39 is 0 Å². The summed E-state index contributed by atoms with van der Waals surface area (Å²) in [5.74, 6) is -0.255. The van der Waals surface area contributed by atoms with Gasteiger partial charge in [-0.15, -0.1) is 0 Å². The van der Waals surface area contributed by atoms with Crippen LogP contribution in [0.4, 0.5) is 9.18 Å². The summed E-state index contributed by atoms with van der Waals surface area (Å²) < 4.78 is 15.0. The topological polar surface area (TPSA) is 67.4 Å². The van der Waals surface area contributed by atoms with E-state index in [1.165, 1.54) is 17.7 Å².